The Morgan fingerprint density at radius 2 is 1.80 bits per heavy atom. The molecule has 0 N–H and O–H groups in total. The molecule has 0 unspecified atom stereocenters. The number of hydrogen-bond donors (Lipinski definition) is 0. The normalized spacial score (nSPS) is 12.9. The highest BCUT2D eigenvalue weighted by Gasteiger charge is 2.33. The molecule has 30 heavy (non-hydrogen) atoms. The summed E-state index contributed by atoms with van der Waals surface area (Å²) in [5, 5.41) is -1.35. The molecule has 3 aromatic heterocycles. The smallest absolute Gasteiger partial charge is 0.326 e. The fraction of sp³-hybridized carbons (Fsp3) is 0.235. The summed E-state index contributed by atoms with van der Waals surface area (Å²) < 4.78 is 64.6. The number of halogens is 4. The minimum Gasteiger partial charge on any atom is -0.326 e. The van der Waals surface area contributed by atoms with E-state index in [1.807, 2.05) is 0 Å². The summed E-state index contributed by atoms with van der Waals surface area (Å²) in [5.74, 6) is -0.0380. The van der Waals surface area contributed by atoms with Crippen LogP contribution in [0.15, 0.2) is 40.8 Å². The Kier molecular flexibility index (Phi) is 5.90. The molecule has 0 aliphatic heterocycles. The van der Waals surface area contributed by atoms with Gasteiger partial charge in [-0.2, -0.15) is 13.2 Å². The second-order valence-corrected chi connectivity index (χ2v) is 8.59. The predicted molar refractivity (Wildman–Crippen MR) is 103 cm³/mol. The molecular formula is C17H14ClF3N6O2S. The number of nitrogens with zero attached hydrogens (tertiary/aromatic N) is 6. The zero-order valence-corrected chi connectivity index (χ0v) is 17.2. The summed E-state index contributed by atoms with van der Waals surface area (Å²) in [6.07, 6.45) is 1.13. The summed E-state index contributed by atoms with van der Waals surface area (Å²) in [6, 6.07) is 1.59. The lowest BCUT2D eigenvalue weighted by Crippen LogP contribution is -2.11. The molecule has 0 aliphatic rings. The van der Waals surface area contributed by atoms with Crippen LogP contribution in [0.2, 0.25) is 0 Å². The van der Waals surface area contributed by atoms with Crippen molar-refractivity contribution in [2.24, 2.45) is 7.05 Å². The van der Waals surface area contributed by atoms with Crippen molar-refractivity contribution in [1.82, 2.24) is 29.5 Å². The third-order valence-electron chi connectivity index (χ3n) is 4.02. The lowest BCUT2D eigenvalue weighted by atomic mass is 10.3. The van der Waals surface area contributed by atoms with Gasteiger partial charge in [-0.15, -0.1) is 0 Å². The lowest BCUT2D eigenvalue weighted by Gasteiger charge is -2.10. The zero-order chi connectivity index (χ0) is 22.1. The molecule has 0 fully saturated rings. The Hall–Kier alpha value is -2.86. The van der Waals surface area contributed by atoms with Crippen molar-refractivity contribution in [1.29, 1.82) is 0 Å². The van der Waals surface area contributed by atoms with E-state index in [1.165, 1.54) is 30.9 Å². The molecule has 0 radical (unpaired) electrons. The number of alkyl halides is 3. The highest BCUT2D eigenvalue weighted by molar-refractivity contribution is 7.91. The van der Waals surface area contributed by atoms with Crippen LogP contribution in [-0.2, 0) is 16.9 Å². The van der Waals surface area contributed by atoms with Crippen LogP contribution in [0.4, 0.5) is 13.2 Å². The Labute approximate surface area is 174 Å². The molecule has 0 bridgehead atoms. The van der Waals surface area contributed by atoms with Gasteiger partial charge in [0.1, 0.15) is 15.6 Å². The molecule has 8 nitrogen and oxygen atoms in total. The van der Waals surface area contributed by atoms with Crippen molar-refractivity contribution in [2.75, 3.05) is 5.75 Å². The lowest BCUT2D eigenvalue weighted by molar-refractivity contribution is -0.0837. The molecule has 0 saturated carbocycles. The second-order valence-electron chi connectivity index (χ2n) is 5.94. The molecular weight excluding hydrogens is 445 g/mol. The Bertz CT molecular complexity index is 1210. The second kappa shape index (κ2) is 8.11. The number of aromatic nitrogens is 6. The van der Waals surface area contributed by atoms with E-state index >= 15 is 0 Å². The SMILES string of the molecule is CCS(=O)(=O)c1cnc(-c2ncccn2)nc1-c1ncc(/C=C(\Cl)C(F)(F)F)n1C. The van der Waals surface area contributed by atoms with Gasteiger partial charge in [-0.3, -0.25) is 0 Å². The van der Waals surface area contributed by atoms with Gasteiger partial charge < -0.3 is 4.57 Å². The van der Waals surface area contributed by atoms with Crippen LogP contribution in [-0.4, -0.2) is 49.8 Å². The fourth-order valence-electron chi connectivity index (χ4n) is 2.42. The van der Waals surface area contributed by atoms with E-state index in [2.05, 4.69) is 24.9 Å². The van der Waals surface area contributed by atoms with Gasteiger partial charge in [-0.25, -0.2) is 33.3 Å². The molecule has 0 amide bonds. The van der Waals surface area contributed by atoms with Gasteiger partial charge >= 0.3 is 6.18 Å². The van der Waals surface area contributed by atoms with Gasteiger partial charge in [0.05, 0.1) is 23.8 Å². The Morgan fingerprint density at radius 1 is 1.13 bits per heavy atom. The molecule has 0 spiro atoms. The van der Waals surface area contributed by atoms with Gasteiger partial charge in [0.2, 0.25) is 0 Å². The first-order valence-electron chi connectivity index (χ1n) is 8.38. The quantitative estimate of drug-likeness (QED) is 0.578. The minimum absolute atomic E-state index is 0.00305. The molecule has 0 aromatic carbocycles. The molecule has 0 atom stereocenters. The summed E-state index contributed by atoms with van der Waals surface area (Å²) >= 11 is 5.31. The largest absolute Gasteiger partial charge is 0.427 e. The molecule has 0 saturated heterocycles. The van der Waals surface area contributed by atoms with Crippen LogP contribution in [0.5, 0.6) is 0 Å². The van der Waals surface area contributed by atoms with Crippen molar-refractivity contribution < 1.29 is 21.6 Å². The van der Waals surface area contributed by atoms with Crippen molar-refractivity contribution in [3.63, 3.8) is 0 Å². The van der Waals surface area contributed by atoms with Crippen LogP contribution < -0.4 is 0 Å². The molecule has 13 heteroatoms. The summed E-state index contributed by atoms with van der Waals surface area (Å²) in [5.41, 5.74) is -0.0807. The maximum absolute atomic E-state index is 12.8. The van der Waals surface area contributed by atoms with Crippen LogP contribution in [0.25, 0.3) is 29.2 Å². The first-order chi connectivity index (χ1) is 14.0. The number of hydrogen-bond acceptors (Lipinski definition) is 7. The van der Waals surface area contributed by atoms with E-state index in [0.717, 1.165) is 12.4 Å². The number of rotatable bonds is 5. The Morgan fingerprint density at radius 3 is 2.40 bits per heavy atom. The van der Waals surface area contributed by atoms with E-state index in [1.54, 1.807) is 6.07 Å². The monoisotopic (exact) mass is 458 g/mol. The third kappa shape index (κ3) is 4.33. The molecule has 0 aliphatic carbocycles. The minimum atomic E-state index is -4.73. The average Bonchev–Trinajstić information content (AvgIpc) is 3.07. The van der Waals surface area contributed by atoms with E-state index in [-0.39, 0.29) is 39.5 Å². The molecule has 3 rings (SSSR count). The predicted octanol–water partition coefficient (Wildman–Crippen LogP) is 3.27. The van der Waals surface area contributed by atoms with Crippen LogP contribution in [0.1, 0.15) is 12.6 Å². The highest BCUT2D eigenvalue weighted by Crippen LogP contribution is 2.32. The standard InChI is InChI=1S/C17H14ClF3N6O2S/c1-3-30(28,29)11-9-24-15(14-22-5-4-6-23-14)26-13(11)16-25-8-10(27(16)2)7-12(18)17(19,20)21/h4-9H,3H2,1-2H3/b12-7-. The molecule has 3 aromatic rings. The van der Waals surface area contributed by atoms with Gasteiger partial charge in [-0.05, 0) is 12.1 Å². The Balaban J connectivity index is 2.22. The van der Waals surface area contributed by atoms with Crippen molar-refractivity contribution in [2.45, 2.75) is 18.0 Å². The van der Waals surface area contributed by atoms with E-state index in [4.69, 9.17) is 11.6 Å². The van der Waals surface area contributed by atoms with E-state index in [9.17, 15) is 21.6 Å². The summed E-state index contributed by atoms with van der Waals surface area (Å²) in [4.78, 5) is 20.2. The number of sulfone groups is 1. The summed E-state index contributed by atoms with van der Waals surface area (Å²) in [6.45, 7) is 1.45. The van der Waals surface area contributed by atoms with E-state index in [0.29, 0.717) is 6.08 Å². The van der Waals surface area contributed by atoms with Crippen LogP contribution in [0.3, 0.4) is 0 Å². The fourth-order valence-corrected chi connectivity index (χ4v) is 3.49. The number of allylic oxidation sites excluding steroid dienone is 1. The number of imidazole rings is 1. The van der Waals surface area contributed by atoms with Gasteiger partial charge in [0.25, 0.3) is 0 Å². The van der Waals surface area contributed by atoms with Gasteiger partial charge in [0.15, 0.2) is 27.3 Å². The zero-order valence-electron chi connectivity index (χ0n) is 15.6. The third-order valence-corrected chi connectivity index (χ3v) is 6.07. The van der Waals surface area contributed by atoms with Gasteiger partial charge in [-0.1, -0.05) is 18.5 Å². The highest BCUT2D eigenvalue weighted by atomic mass is 35.5. The van der Waals surface area contributed by atoms with Crippen molar-refractivity contribution >= 4 is 27.5 Å². The first kappa shape index (κ1) is 21.8. The summed E-state index contributed by atoms with van der Waals surface area (Å²) in [7, 11) is -2.36. The van der Waals surface area contributed by atoms with Crippen molar-refractivity contribution in [3.05, 3.63) is 41.6 Å². The average molecular weight is 459 g/mol. The van der Waals surface area contributed by atoms with E-state index < -0.39 is 21.0 Å². The maximum Gasteiger partial charge on any atom is 0.427 e. The van der Waals surface area contributed by atoms with Crippen molar-refractivity contribution in [3.8, 4) is 23.2 Å². The van der Waals surface area contributed by atoms with Gasteiger partial charge in [0, 0.05) is 19.4 Å². The first-order valence-corrected chi connectivity index (χ1v) is 10.4. The molecule has 3 heterocycles. The molecule has 158 valence electrons. The topological polar surface area (TPSA) is 104 Å². The maximum atomic E-state index is 12.8. The van der Waals surface area contributed by atoms with Crippen LogP contribution >= 0.6 is 11.6 Å². The van der Waals surface area contributed by atoms with Crippen LogP contribution in [0, 0.1) is 0 Å².